The Labute approximate surface area is 620 Å². The van der Waals surface area contributed by atoms with E-state index in [-0.39, 0.29) is 0 Å². The molecule has 0 N–H and O–H groups in total. The van der Waals surface area contributed by atoms with Crippen molar-refractivity contribution in [2.24, 2.45) is 0 Å². The SMILES string of the molecule is [2H]c1c([2H])c(-c2c([2H])c([2H])c([2H])c3c2c([2H])c([2H])c2c([2H])c([2H])c([2H])c([2H])c23)c([2H])c([2H])c1-c1c2c([2H])c([2H])c([2H])c([2H])c2c(-c2c([2H])c([2H])c3oc4c([2H])c([2H])c([2H])c([2H])c4c3c2[2H])c2c([2H])c([2H])c([2H])c([2H])c12.[2H]c1c([2H])c(-c2c([2H])c3c([2H])c([2H])c([2H])c([2H])c3c3c([2H])c([2H])c([2H])c([2H])c23)c([2H])c([2H])c1-c1c2c([2H])c([2H])c([2H])c([2H])c2c(-c2c([2H])c([2H])c3oc4c([2H])c([2H])c([2H])c([2H])c4c3c2[2H])c2c([2H])c([2H])c([2H])c([2H])c12. The number of fused-ring (bicyclic) bond motifs is 16. The molecule has 0 unspecified atom stereocenters. The van der Waals surface area contributed by atoms with E-state index >= 15 is 0 Å². The van der Waals surface area contributed by atoms with Gasteiger partial charge in [-0.15, -0.1) is 0 Å². The van der Waals surface area contributed by atoms with Crippen LogP contribution in [-0.4, -0.2) is 0 Å². The molecular weight excluding hydrogens is 1140 g/mol. The van der Waals surface area contributed by atoms with E-state index in [0.717, 1.165) is 0 Å². The van der Waals surface area contributed by atoms with Crippen LogP contribution in [0.15, 0.2) is 347 Å². The van der Waals surface area contributed by atoms with Gasteiger partial charge in [0.25, 0.3) is 0 Å². The van der Waals surface area contributed by atoms with Crippen molar-refractivity contribution in [3.63, 3.8) is 0 Å². The number of benzene rings is 18. The molecule has 0 bridgehead atoms. The minimum Gasteiger partial charge on any atom is -0.456 e. The molecule has 0 aliphatic heterocycles. The van der Waals surface area contributed by atoms with E-state index in [9.17, 15) is 28.8 Å². The van der Waals surface area contributed by atoms with Crippen LogP contribution in [0, 0.1) is 0 Å². The number of rotatable bonds is 6. The summed E-state index contributed by atoms with van der Waals surface area (Å²) in [5.74, 6) is 0. The highest BCUT2D eigenvalue weighted by molar-refractivity contribution is 6.25. The molecule has 0 aliphatic rings. The Balaban J connectivity index is 0.000000188. The maximum atomic E-state index is 9.67. The highest BCUT2D eigenvalue weighted by Gasteiger charge is 2.21. The lowest BCUT2D eigenvalue weighted by molar-refractivity contribution is 0.668. The van der Waals surface area contributed by atoms with Crippen LogP contribution in [0.3, 0.4) is 0 Å². The van der Waals surface area contributed by atoms with Gasteiger partial charge in [-0.2, -0.15) is 0 Å². The molecule has 94 heavy (non-hydrogen) atoms. The molecule has 18 aromatic carbocycles. The molecule has 0 fully saturated rings. The second-order valence-corrected chi connectivity index (χ2v) is 20.5. The molecule has 0 aliphatic carbocycles. The fourth-order valence-corrected chi connectivity index (χ4v) is 11.5. The van der Waals surface area contributed by atoms with Crippen molar-refractivity contribution < 1.29 is 85.6 Å². The summed E-state index contributed by atoms with van der Waals surface area (Å²) >= 11 is 0. The highest BCUT2D eigenvalue weighted by atomic mass is 16.3. The van der Waals surface area contributed by atoms with Crippen molar-refractivity contribution in [1.29, 1.82) is 0 Å². The molecule has 0 saturated carbocycles. The van der Waals surface area contributed by atoms with Crippen molar-refractivity contribution in [3.8, 4) is 66.8 Å². The van der Waals surface area contributed by atoms with Gasteiger partial charge < -0.3 is 8.83 Å². The standard InChI is InChI=1S/2C46H28O/c1-2-11-33-29(10-1)24-26-36-34(17-9-18-35(33)36)30-20-22-31(23-21-30)45-38-13-3-5-15-40(38)46(41-16-6-4-14-39(41)45)32-25-27-44-42(28-32)37-12-7-8-19-43(37)47-44;1-2-12-33-31(11-1)27-41(35-14-4-3-13-34(33)35)29-21-23-30(24-22-29)45-37-16-5-7-18-39(37)46(40-19-8-6-17-38(40)45)32-25-26-44-42(28-32)36-15-9-10-20-43(36)47-44/h2*1-28H/i2*1D,2D,3D,4D,5D,6D,7D,8D,9D,10D,11D,12D,13D,14D,15D,16D,17D,18D,19D,20D,21D,22D,23D,24D,25D,26D,27D,28D. The van der Waals surface area contributed by atoms with Crippen LogP contribution in [0.4, 0.5) is 0 Å². The highest BCUT2D eigenvalue weighted by Crippen LogP contribution is 2.48. The Hall–Kier alpha value is -12.4. The lowest BCUT2D eigenvalue weighted by Gasteiger charge is -2.18. The predicted octanol–water partition coefficient (Wildman–Crippen LogP) is 26.4. The van der Waals surface area contributed by atoms with Gasteiger partial charge in [0.05, 0.1) is 76.8 Å². The zero-order chi connectivity index (χ0) is 111. The van der Waals surface area contributed by atoms with Gasteiger partial charge in [-0.3, -0.25) is 0 Å². The second-order valence-electron chi connectivity index (χ2n) is 20.5. The fraction of sp³-hybridized carbons (Fsp3) is 0. The number of hydrogen-bond donors (Lipinski definition) is 0. The van der Waals surface area contributed by atoms with Crippen LogP contribution in [0.5, 0.6) is 0 Å². The molecule has 2 heteroatoms. The summed E-state index contributed by atoms with van der Waals surface area (Å²) in [6.07, 6.45) is 0. The van der Waals surface area contributed by atoms with Crippen molar-refractivity contribution in [2.75, 3.05) is 0 Å². The van der Waals surface area contributed by atoms with Crippen molar-refractivity contribution in [1.82, 2.24) is 0 Å². The smallest absolute Gasteiger partial charge is 0.135 e. The largest absolute Gasteiger partial charge is 0.456 e. The molecule has 0 saturated heterocycles. The minimum atomic E-state index is -1.12. The van der Waals surface area contributed by atoms with Crippen LogP contribution in [0.2, 0.25) is 0 Å². The first-order chi connectivity index (χ1) is 70.0. The van der Waals surface area contributed by atoms with Crippen LogP contribution in [0.1, 0.15) is 76.8 Å². The van der Waals surface area contributed by atoms with Gasteiger partial charge in [0, 0.05) is 21.5 Å². The topological polar surface area (TPSA) is 26.3 Å². The Morgan fingerprint density at radius 1 is 0.160 bits per heavy atom. The molecule has 0 atom stereocenters. The van der Waals surface area contributed by atoms with E-state index in [2.05, 4.69) is 0 Å². The zero-order valence-electron chi connectivity index (χ0n) is 103. The monoisotopic (exact) mass is 1250 g/mol. The summed E-state index contributed by atoms with van der Waals surface area (Å²) in [7, 11) is 0. The maximum Gasteiger partial charge on any atom is 0.135 e. The normalized spacial score (nSPS) is 20.2. The summed E-state index contributed by atoms with van der Waals surface area (Å²) in [5.41, 5.74) is -11.6. The molecule has 2 heterocycles. The van der Waals surface area contributed by atoms with Gasteiger partial charge in [0.15, 0.2) is 0 Å². The average Bonchev–Trinajstić information content (AvgIpc) is 0.802. The fourth-order valence-electron chi connectivity index (χ4n) is 11.5. The quantitative estimate of drug-likeness (QED) is 0.123. The van der Waals surface area contributed by atoms with E-state index < -0.39 is 535 Å². The minimum absolute atomic E-state index is 0.430. The van der Waals surface area contributed by atoms with E-state index in [1.54, 1.807) is 0 Å². The maximum absolute atomic E-state index is 9.67. The third-order valence-corrected chi connectivity index (χ3v) is 15.5. The third kappa shape index (κ3) is 8.58. The van der Waals surface area contributed by atoms with E-state index in [1.165, 1.54) is 0 Å². The molecule has 20 aromatic rings. The molecule has 0 radical (unpaired) electrons. The number of para-hydroxylation sites is 2. The molecule has 20 rings (SSSR count). The van der Waals surface area contributed by atoms with Crippen molar-refractivity contribution >= 4 is 130 Å². The lowest BCUT2D eigenvalue weighted by atomic mass is 9.85. The lowest BCUT2D eigenvalue weighted by Crippen LogP contribution is -1.91. The summed E-state index contributed by atoms with van der Waals surface area (Å²) in [6.45, 7) is 0. The van der Waals surface area contributed by atoms with Gasteiger partial charge >= 0.3 is 0 Å². The first-order valence-electron chi connectivity index (χ1n) is 55.8. The van der Waals surface area contributed by atoms with Gasteiger partial charge in [-0.25, -0.2) is 0 Å². The zero-order valence-corrected chi connectivity index (χ0v) is 46.8. The van der Waals surface area contributed by atoms with E-state index in [4.69, 9.17) is 56.8 Å². The van der Waals surface area contributed by atoms with Crippen molar-refractivity contribution in [2.45, 2.75) is 0 Å². The van der Waals surface area contributed by atoms with Crippen LogP contribution < -0.4 is 0 Å². The number of furan rings is 2. The van der Waals surface area contributed by atoms with E-state index in [1.807, 2.05) is 0 Å². The average molecular weight is 1250 g/mol. The van der Waals surface area contributed by atoms with Gasteiger partial charge in [-0.05, 0) is 195 Å². The molecule has 2 nitrogen and oxygen atoms in total. The molecule has 0 spiro atoms. The second kappa shape index (κ2) is 21.7. The predicted molar refractivity (Wildman–Crippen MR) is 400 cm³/mol. The molecule has 436 valence electrons. The summed E-state index contributed by atoms with van der Waals surface area (Å²) in [5, 5.41) is -12.3. The third-order valence-electron chi connectivity index (χ3n) is 15.5. The van der Waals surface area contributed by atoms with Crippen LogP contribution >= 0.6 is 0 Å². The van der Waals surface area contributed by atoms with Crippen molar-refractivity contribution in [3.05, 3.63) is 338 Å². The van der Waals surface area contributed by atoms with Gasteiger partial charge in [0.2, 0.25) is 0 Å². The molecule has 2 aromatic heterocycles. The summed E-state index contributed by atoms with van der Waals surface area (Å²) < 4.78 is 516. The Morgan fingerprint density at radius 3 is 0.915 bits per heavy atom. The molecular formula is C92H56O2. The van der Waals surface area contributed by atoms with Crippen LogP contribution in [0.25, 0.3) is 197 Å². The van der Waals surface area contributed by atoms with Gasteiger partial charge in [-0.1, -0.05) is 296 Å². The Bertz CT molecular complexity index is 9750. The van der Waals surface area contributed by atoms with Crippen LogP contribution in [-0.2, 0) is 0 Å². The number of hydrogen-bond acceptors (Lipinski definition) is 2. The molecule has 0 amide bonds. The van der Waals surface area contributed by atoms with E-state index in [0.29, 0.717) is 0 Å². The summed E-state index contributed by atoms with van der Waals surface area (Å²) in [4.78, 5) is 0. The first kappa shape index (κ1) is 21.9. The Kier molecular flexibility index (Phi) is 5.05. The summed E-state index contributed by atoms with van der Waals surface area (Å²) in [6, 6.07) is -51.6. The first-order valence-corrected chi connectivity index (χ1v) is 27.8. The Morgan fingerprint density at radius 2 is 0.457 bits per heavy atom. The van der Waals surface area contributed by atoms with Gasteiger partial charge in [0.1, 0.15) is 22.3 Å².